The van der Waals surface area contributed by atoms with Crippen LogP contribution in [0.3, 0.4) is 0 Å². The molecule has 0 radical (unpaired) electrons. The number of ether oxygens (including phenoxy) is 2. The van der Waals surface area contributed by atoms with Gasteiger partial charge in [0, 0.05) is 0 Å². The van der Waals surface area contributed by atoms with Crippen molar-refractivity contribution in [2.45, 2.75) is 0 Å². The molecule has 0 atom stereocenters. The van der Waals surface area contributed by atoms with Gasteiger partial charge in [-0.2, -0.15) is 0 Å². The summed E-state index contributed by atoms with van der Waals surface area (Å²) < 4.78 is 12.2. The van der Waals surface area contributed by atoms with E-state index in [2.05, 4.69) is 6.58 Å². The van der Waals surface area contributed by atoms with Crippen LogP contribution >= 0.6 is 45.2 Å². The number of carboxylic acids is 1. The van der Waals surface area contributed by atoms with Gasteiger partial charge in [-0.3, -0.25) is 0 Å². The number of hydrogen-bond acceptors (Lipinski definition) is 4. The summed E-state index contributed by atoms with van der Waals surface area (Å²) in [5, 5.41) is 9.03. The Morgan fingerprint density at radius 3 is 2.36 bits per heavy atom. The first-order valence-corrected chi connectivity index (χ1v) is 9.33. The van der Waals surface area contributed by atoms with Gasteiger partial charge in [-0.1, -0.05) is 24.8 Å². The zero-order valence-corrected chi connectivity index (χ0v) is 17.3. The van der Waals surface area contributed by atoms with Crippen LogP contribution in [0.2, 0.25) is 0 Å². The first kappa shape index (κ1) is 19.7. The minimum Gasteiger partial charge on any atom is -0.488 e. The Balaban J connectivity index is 1.92. The zero-order chi connectivity index (χ0) is 18.4. The van der Waals surface area contributed by atoms with Gasteiger partial charge in [-0.25, -0.2) is 9.59 Å². The quantitative estimate of drug-likeness (QED) is 0.306. The number of carbonyl (C=O) groups is 2. The molecule has 0 amide bonds. The van der Waals surface area contributed by atoms with Crippen LogP contribution in [0.4, 0.5) is 0 Å². The monoisotopic (exact) mass is 564 g/mol. The van der Waals surface area contributed by atoms with Crippen molar-refractivity contribution in [3.05, 3.63) is 66.8 Å². The van der Waals surface area contributed by atoms with Crippen molar-refractivity contribution in [2.75, 3.05) is 13.2 Å². The Labute approximate surface area is 172 Å². The van der Waals surface area contributed by atoms with Gasteiger partial charge in [0.15, 0.2) is 0 Å². The molecule has 1 N–H and O–H groups in total. The number of halogens is 2. The molecule has 0 saturated heterocycles. The van der Waals surface area contributed by atoms with E-state index in [4.69, 9.17) is 14.6 Å². The van der Waals surface area contributed by atoms with E-state index in [-0.39, 0.29) is 18.8 Å². The number of rotatable bonds is 7. The summed E-state index contributed by atoms with van der Waals surface area (Å²) in [5.74, 6) is -0.841. The lowest BCUT2D eigenvalue weighted by molar-refractivity contribution is 0.0449. The first-order chi connectivity index (χ1) is 11.9. The fraction of sp³-hybridized carbons (Fsp3) is 0.111. The number of esters is 1. The predicted molar refractivity (Wildman–Crippen MR) is 111 cm³/mol. The maximum Gasteiger partial charge on any atom is 0.338 e. The van der Waals surface area contributed by atoms with Crippen LogP contribution in [0.5, 0.6) is 5.75 Å². The molecule has 0 aliphatic carbocycles. The van der Waals surface area contributed by atoms with Crippen LogP contribution in [0.1, 0.15) is 26.3 Å². The third-order valence-corrected chi connectivity index (χ3v) is 4.77. The Bertz CT molecular complexity index is 794. The molecule has 2 aromatic rings. The van der Waals surface area contributed by atoms with E-state index < -0.39 is 11.9 Å². The second-order valence-electron chi connectivity index (χ2n) is 4.89. The fourth-order valence-electron chi connectivity index (χ4n) is 1.98. The molecule has 0 spiro atoms. The van der Waals surface area contributed by atoms with Gasteiger partial charge in [0.05, 0.1) is 18.3 Å². The fourth-order valence-corrected chi connectivity index (χ4v) is 4.05. The van der Waals surface area contributed by atoms with Crippen LogP contribution < -0.4 is 4.74 Å². The van der Waals surface area contributed by atoms with Crippen LogP contribution in [0, 0.1) is 7.14 Å². The van der Waals surface area contributed by atoms with Gasteiger partial charge in [0.25, 0.3) is 0 Å². The van der Waals surface area contributed by atoms with Crippen molar-refractivity contribution in [3.63, 3.8) is 0 Å². The molecule has 0 aromatic heterocycles. The predicted octanol–water partition coefficient (Wildman–Crippen LogP) is 4.47. The van der Waals surface area contributed by atoms with Crippen LogP contribution in [0.25, 0.3) is 6.08 Å². The molecule has 0 heterocycles. The Morgan fingerprint density at radius 1 is 1.08 bits per heavy atom. The van der Waals surface area contributed by atoms with Crippen LogP contribution in [-0.2, 0) is 4.74 Å². The van der Waals surface area contributed by atoms with Crippen molar-refractivity contribution < 1.29 is 24.2 Å². The summed E-state index contributed by atoms with van der Waals surface area (Å²) in [5.41, 5.74) is 1.50. The van der Waals surface area contributed by atoms with E-state index in [1.165, 1.54) is 12.1 Å². The smallest absolute Gasteiger partial charge is 0.338 e. The summed E-state index contributed by atoms with van der Waals surface area (Å²) >= 11 is 4.03. The van der Waals surface area contributed by atoms with Gasteiger partial charge < -0.3 is 14.6 Å². The van der Waals surface area contributed by atoms with Gasteiger partial charge in [0.1, 0.15) is 19.0 Å². The molecule has 2 rings (SSSR count). The minimum atomic E-state index is -0.988. The number of carboxylic acid groups (broad SMARTS) is 1. The lowest BCUT2D eigenvalue weighted by atomic mass is 10.1. The highest BCUT2D eigenvalue weighted by atomic mass is 127. The largest absolute Gasteiger partial charge is 0.488 e. The number of aromatic carboxylic acids is 1. The third kappa shape index (κ3) is 5.43. The van der Waals surface area contributed by atoms with Crippen molar-refractivity contribution in [1.82, 2.24) is 0 Å². The second kappa shape index (κ2) is 9.18. The normalized spacial score (nSPS) is 10.2. The summed E-state index contributed by atoms with van der Waals surface area (Å²) in [6.45, 7) is 3.92. The lowest BCUT2D eigenvalue weighted by Gasteiger charge is -2.12. The summed E-state index contributed by atoms with van der Waals surface area (Å²) in [7, 11) is 0. The summed E-state index contributed by atoms with van der Waals surface area (Å²) in [6, 6.07) is 10.1. The molecule has 0 aliphatic rings. The highest BCUT2D eigenvalue weighted by Gasteiger charge is 2.13. The molecule has 5 nitrogen and oxygen atoms in total. The summed E-state index contributed by atoms with van der Waals surface area (Å²) in [6.07, 6.45) is 1.66. The standard InChI is InChI=1S/C18H14I2O5/c1-2-11-4-3-5-12(8-11)18(23)25-7-6-24-16-14(19)9-13(17(21)22)10-15(16)20/h2-5,8-10H,1,6-7H2,(H,21,22). The number of carbonyl (C=O) groups excluding carboxylic acids is 1. The third-order valence-electron chi connectivity index (χ3n) is 3.17. The van der Waals surface area contributed by atoms with Gasteiger partial charge in [-0.15, -0.1) is 0 Å². The average Bonchev–Trinajstić information content (AvgIpc) is 2.59. The first-order valence-electron chi connectivity index (χ1n) is 7.17. The highest BCUT2D eigenvalue weighted by molar-refractivity contribution is 14.1. The molecule has 2 aromatic carbocycles. The molecule has 0 bridgehead atoms. The topological polar surface area (TPSA) is 72.8 Å². The van der Waals surface area contributed by atoms with Crippen LogP contribution in [0.15, 0.2) is 43.0 Å². The van der Waals surface area contributed by atoms with E-state index >= 15 is 0 Å². The molecule has 0 fully saturated rings. The van der Waals surface area contributed by atoms with E-state index in [0.717, 1.165) is 5.56 Å². The van der Waals surface area contributed by atoms with E-state index in [9.17, 15) is 9.59 Å². The van der Waals surface area contributed by atoms with Crippen molar-refractivity contribution in [2.24, 2.45) is 0 Å². The van der Waals surface area contributed by atoms with Crippen molar-refractivity contribution in [3.8, 4) is 5.75 Å². The van der Waals surface area contributed by atoms with Crippen molar-refractivity contribution >= 4 is 63.2 Å². The van der Waals surface area contributed by atoms with E-state index in [0.29, 0.717) is 18.5 Å². The molecular weight excluding hydrogens is 550 g/mol. The zero-order valence-electron chi connectivity index (χ0n) is 13.0. The SMILES string of the molecule is C=Cc1cccc(C(=O)OCCOc2c(I)cc(C(=O)O)cc2I)c1. The van der Waals surface area contributed by atoms with Gasteiger partial charge >= 0.3 is 11.9 Å². The molecule has 7 heteroatoms. The maximum atomic E-state index is 12.0. The molecule has 130 valence electrons. The minimum absolute atomic E-state index is 0.0873. The molecule has 0 aliphatic heterocycles. The molecule has 25 heavy (non-hydrogen) atoms. The Morgan fingerprint density at radius 2 is 1.76 bits per heavy atom. The second-order valence-corrected chi connectivity index (χ2v) is 7.21. The average molecular weight is 564 g/mol. The van der Waals surface area contributed by atoms with Crippen molar-refractivity contribution in [1.29, 1.82) is 0 Å². The van der Waals surface area contributed by atoms with Gasteiger partial charge in [-0.05, 0) is 75.0 Å². The lowest BCUT2D eigenvalue weighted by Crippen LogP contribution is -2.13. The number of hydrogen-bond donors (Lipinski definition) is 1. The molecule has 0 unspecified atom stereocenters. The van der Waals surface area contributed by atoms with E-state index in [1.807, 2.05) is 51.2 Å². The van der Waals surface area contributed by atoms with E-state index in [1.54, 1.807) is 24.3 Å². The number of benzene rings is 2. The Hall–Kier alpha value is -1.62. The van der Waals surface area contributed by atoms with Gasteiger partial charge in [0.2, 0.25) is 0 Å². The molecule has 0 saturated carbocycles. The Kier molecular flexibility index (Phi) is 7.24. The summed E-state index contributed by atoms with van der Waals surface area (Å²) in [4.78, 5) is 23.0. The van der Waals surface area contributed by atoms with Crippen LogP contribution in [-0.4, -0.2) is 30.3 Å². The maximum absolute atomic E-state index is 12.0. The molecular formula is C18H14I2O5. The highest BCUT2D eigenvalue weighted by Crippen LogP contribution is 2.29.